The van der Waals surface area contributed by atoms with Crippen molar-refractivity contribution in [1.29, 1.82) is 0 Å². The Morgan fingerprint density at radius 3 is 2.07 bits per heavy atom. The van der Waals surface area contributed by atoms with Crippen molar-refractivity contribution in [1.82, 2.24) is 0 Å². The Bertz CT molecular complexity index is 1010. The monoisotopic (exact) mass is 458 g/mol. The molecule has 30 heavy (non-hydrogen) atoms. The van der Waals surface area contributed by atoms with E-state index >= 15 is 0 Å². The van der Waals surface area contributed by atoms with Crippen molar-refractivity contribution < 1.29 is 26.4 Å². The lowest BCUT2D eigenvalue weighted by Gasteiger charge is -2.21. The highest BCUT2D eigenvalue weighted by Crippen LogP contribution is 2.34. The van der Waals surface area contributed by atoms with Gasteiger partial charge < -0.3 is 10.3 Å². The van der Waals surface area contributed by atoms with Crippen LogP contribution in [0.3, 0.4) is 0 Å². The van der Waals surface area contributed by atoms with Gasteiger partial charge in [-0.25, -0.2) is 16.8 Å². The first-order chi connectivity index (χ1) is 13.6. The number of nitrogens with zero attached hydrogens (tertiary/aromatic N) is 2. The van der Waals surface area contributed by atoms with E-state index in [2.05, 4.69) is 11.7 Å². The zero-order valence-electron chi connectivity index (χ0n) is 19.0. The first-order valence-electron chi connectivity index (χ1n) is 10.1. The quantitative estimate of drug-likeness (QED) is 0.196. The molecule has 9 heteroatoms. The molecule has 7 nitrogen and oxygen atoms in total. The normalized spacial score (nSPS) is 13.0. The average molecular weight is 459 g/mol. The first-order valence-corrected chi connectivity index (χ1v) is 13.1. The second kappa shape index (κ2) is 9.62. The van der Waals surface area contributed by atoms with Crippen LogP contribution >= 0.6 is 0 Å². The first kappa shape index (κ1) is 26.3. The summed E-state index contributed by atoms with van der Waals surface area (Å²) in [6.07, 6.45) is 3.79. The molecule has 0 atom stereocenters. The van der Waals surface area contributed by atoms with Crippen molar-refractivity contribution in [3.8, 4) is 5.75 Å². The minimum absolute atomic E-state index is 0.0461. The van der Waals surface area contributed by atoms with Crippen LogP contribution in [0.4, 0.5) is 0 Å². The molecule has 0 radical (unpaired) electrons. The number of hydrogen-bond donors (Lipinski definition) is 0. The minimum Gasteiger partial charge on any atom is -0.492 e. The number of ether oxygens (including phenoxy) is 1. The highest BCUT2D eigenvalue weighted by atomic mass is 32.3. The number of benzene rings is 1. The van der Waals surface area contributed by atoms with Crippen LogP contribution in [0, 0.1) is 0 Å². The lowest BCUT2D eigenvalue weighted by molar-refractivity contribution is 0.00365. The maximum absolute atomic E-state index is 13.3. The zero-order valence-corrected chi connectivity index (χ0v) is 20.7. The Kier molecular flexibility index (Phi) is 8.45. The van der Waals surface area contributed by atoms with E-state index in [-0.39, 0.29) is 16.1 Å². The molecule has 0 unspecified atom stereocenters. The van der Waals surface area contributed by atoms with Crippen molar-refractivity contribution in [3.63, 3.8) is 0 Å². The topological polar surface area (TPSA) is 114 Å². The third-order valence-corrected chi connectivity index (χ3v) is 9.61. The smallest absolute Gasteiger partial charge is 0.492 e. The Balaban J connectivity index is 3.58. The molecular weight excluding hydrogens is 424 g/mol. The minimum atomic E-state index is -4.67. The molecule has 0 saturated heterocycles. The summed E-state index contributed by atoms with van der Waals surface area (Å²) in [4.78, 5) is 2.40. The fraction of sp³-hybridized carbons (Fsp3) is 0.667. The SMILES string of the molecule is CCCCCCOc1ccc(C(C)(C)C)cc1S(=O)(=O)C(=[N+]=[N-])S(=O)(=O)C(C)(C)C. The lowest BCUT2D eigenvalue weighted by Crippen LogP contribution is -2.39. The molecule has 0 heterocycles. The van der Waals surface area contributed by atoms with Crippen LogP contribution in [0.15, 0.2) is 23.1 Å². The van der Waals surface area contributed by atoms with Gasteiger partial charge in [0.05, 0.1) is 11.4 Å². The summed E-state index contributed by atoms with van der Waals surface area (Å²) in [6, 6.07) is 4.69. The van der Waals surface area contributed by atoms with Gasteiger partial charge >= 0.3 is 4.38 Å². The maximum Gasteiger partial charge on any atom is 0.500 e. The highest BCUT2D eigenvalue weighted by molar-refractivity contribution is 8.31. The molecule has 1 aromatic carbocycles. The van der Waals surface area contributed by atoms with Crippen molar-refractivity contribution in [2.45, 2.75) is 89.2 Å². The molecule has 170 valence electrons. The summed E-state index contributed by atoms with van der Waals surface area (Å²) in [7, 11) is -9.10. The van der Waals surface area contributed by atoms with E-state index in [1.54, 1.807) is 6.07 Å². The van der Waals surface area contributed by atoms with E-state index in [9.17, 15) is 22.4 Å². The van der Waals surface area contributed by atoms with Gasteiger partial charge in [-0.15, -0.1) is 4.79 Å². The van der Waals surface area contributed by atoms with E-state index in [4.69, 9.17) is 4.74 Å². The van der Waals surface area contributed by atoms with Crippen LogP contribution in [0.5, 0.6) is 5.75 Å². The highest BCUT2D eigenvalue weighted by Gasteiger charge is 2.50. The van der Waals surface area contributed by atoms with Gasteiger partial charge in [0.15, 0.2) is 0 Å². The fourth-order valence-electron chi connectivity index (χ4n) is 2.62. The van der Waals surface area contributed by atoms with Crippen molar-refractivity contribution in [3.05, 3.63) is 29.3 Å². The van der Waals surface area contributed by atoms with Crippen molar-refractivity contribution in [2.75, 3.05) is 6.61 Å². The molecule has 0 N–H and O–H groups in total. The Morgan fingerprint density at radius 2 is 1.60 bits per heavy atom. The van der Waals surface area contributed by atoms with Crippen molar-refractivity contribution in [2.24, 2.45) is 0 Å². The van der Waals surface area contributed by atoms with Gasteiger partial charge in [-0.2, -0.15) is 0 Å². The third-order valence-electron chi connectivity index (χ3n) is 4.70. The molecule has 0 amide bonds. The van der Waals surface area contributed by atoms with Crippen LogP contribution in [0.1, 0.15) is 79.7 Å². The second-order valence-electron chi connectivity index (χ2n) is 9.31. The lowest BCUT2D eigenvalue weighted by atomic mass is 9.87. The van der Waals surface area contributed by atoms with E-state index in [1.807, 2.05) is 20.8 Å². The maximum atomic E-state index is 13.3. The average Bonchev–Trinajstić information content (AvgIpc) is 2.59. The summed E-state index contributed by atoms with van der Waals surface area (Å²) in [5.41, 5.74) is 9.70. The molecular formula is C21H34N2O5S2. The summed E-state index contributed by atoms with van der Waals surface area (Å²) in [5, 5.41) is 0. The largest absolute Gasteiger partial charge is 0.500 e. The van der Waals surface area contributed by atoms with Gasteiger partial charge in [0.2, 0.25) is 0 Å². The van der Waals surface area contributed by atoms with Gasteiger partial charge in [0.1, 0.15) is 10.6 Å². The van der Waals surface area contributed by atoms with Crippen LogP contribution in [-0.4, -0.2) is 37.4 Å². The van der Waals surface area contributed by atoms with Crippen LogP contribution in [-0.2, 0) is 25.1 Å². The predicted molar refractivity (Wildman–Crippen MR) is 119 cm³/mol. The molecule has 0 aliphatic carbocycles. The molecule has 0 aliphatic heterocycles. The third kappa shape index (κ3) is 5.93. The molecule has 1 aromatic rings. The molecule has 0 spiro atoms. The summed E-state index contributed by atoms with van der Waals surface area (Å²) >= 11 is 0. The van der Waals surface area contributed by atoms with E-state index in [1.165, 1.54) is 32.9 Å². The van der Waals surface area contributed by atoms with Crippen LogP contribution in [0.2, 0.25) is 0 Å². The second-order valence-corrected chi connectivity index (χ2v) is 14.0. The van der Waals surface area contributed by atoms with E-state index in [0.717, 1.165) is 25.7 Å². The number of unbranched alkanes of at least 4 members (excludes halogenated alkanes) is 3. The predicted octanol–water partition coefficient (Wildman–Crippen LogP) is 4.52. The molecule has 0 bridgehead atoms. The van der Waals surface area contributed by atoms with Gasteiger partial charge in [0.25, 0.3) is 19.7 Å². The molecule has 1 rings (SSSR count). The van der Waals surface area contributed by atoms with E-state index < -0.39 is 28.8 Å². The Morgan fingerprint density at radius 1 is 1.00 bits per heavy atom. The van der Waals surface area contributed by atoms with Gasteiger partial charge in [-0.1, -0.05) is 53.0 Å². The molecule has 0 aliphatic rings. The summed E-state index contributed by atoms with van der Waals surface area (Å²) in [6.45, 7) is 12.2. The number of hydrogen-bond acceptors (Lipinski definition) is 5. The fourth-order valence-corrected chi connectivity index (χ4v) is 6.40. The van der Waals surface area contributed by atoms with Crippen molar-refractivity contribution >= 4 is 24.1 Å². The van der Waals surface area contributed by atoms with Gasteiger partial charge in [-0.05, 0) is 50.3 Å². The summed E-state index contributed by atoms with van der Waals surface area (Å²) in [5.74, 6) is 0.0461. The standard InChI is InChI=1S/C21H34N2O5S2/c1-8-9-10-11-14-28-17-13-12-16(20(2,3)4)15-18(17)29(24,25)19(23-22)30(26,27)21(5,6)7/h12-13,15H,8-11,14H2,1-7H3. The number of sulfone groups is 2. The molecule has 0 fully saturated rings. The summed E-state index contributed by atoms with van der Waals surface area (Å²) < 4.78 is 55.3. The molecule has 0 saturated carbocycles. The van der Waals surface area contributed by atoms with E-state index in [0.29, 0.717) is 12.2 Å². The van der Waals surface area contributed by atoms with Crippen LogP contribution in [0.25, 0.3) is 5.53 Å². The number of rotatable bonds is 7. The van der Waals surface area contributed by atoms with Crippen LogP contribution < -0.4 is 4.74 Å². The van der Waals surface area contributed by atoms with Gasteiger partial charge in [0, 0.05) is 0 Å². The molecule has 0 aromatic heterocycles. The van der Waals surface area contributed by atoms with Gasteiger partial charge in [-0.3, -0.25) is 0 Å². The Labute approximate surface area is 181 Å². The zero-order chi connectivity index (χ0) is 23.4. The Hall–Kier alpha value is -1.70.